The molecule has 0 aromatic heterocycles. The number of rotatable bonds is 13. The third-order valence-corrected chi connectivity index (χ3v) is 10.5. The molecule has 5 N–H and O–H groups in total. The normalized spacial score (nSPS) is 13.1. The van der Waals surface area contributed by atoms with Crippen molar-refractivity contribution >= 4 is 95.8 Å². The van der Waals surface area contributed by atoms with Crippen LogP contribution in [0.3, 0.4) is 0 Å². The zero-order chi connectivity index (χ0) is 41.8. The Balaban J connectivity index is 1.04. The lowest BCUT2D eigenvalue weighted by atomic mass is 10.0. The van der Waals surface area contributed by atoms with Gasteiger partial charge in [0.25, 0.3) is 16.0 Å². The Morgan fingerprint density at radius 3 is 2.17 bits per heavy atom. The molecule has 0 aliphatic carbocycles. The molecule has 6 aromatic carbocycles. The number of hydrogen-bond donors (Lipinski definition) is 5. The lowest BCUT2D eigenvalue weighted by molar-refractivity contribution is -0.126. The molecule has 6 aromatic rings. The van der Waals surface area contributed by atoms with Gasteiger partial charge in [-0.15, -0.1) is 10.2 Å². The third kappa shape index (κ3) is 9.44. The SMILES string of the molecule is CC(=O)C(N=Nc1ccc(-c2ccc(N=Nc3c(O)c(CONc4ccc5c(c4)CC(=O)N5)cc4ccccc34)c(Cl)c2)cc1Cl)C(=O)Nc1ccc(S(=O)(=O)O)cc1. The van der Waals surface area contributed by atoms with Crippen LogP contribution in [0.1, 0.15) is 18.1 Å². The number of halogens is 2. The zero-order valence-corrected chi connectivity index (χ0v) is 33.0. The molecule has 1 aliphatic rings. The molecule has 0 saturated carbocycles. The summed E-state index contributed by atoms with van der Waals surface area (Å²) in [5, 5.41) is 35.2. The first-order chi connectivity index (χ1) is 28.2. The second-order valence-electron chi connectivity index (χ2n) is 13.2. The highest BCUT2D eigenvalue weighted by Crippen LogP contribution is 2.41. The number of Topliss-reactive ketones (excluding diaryl/α,β-unsaturated/α-hetero) is 1. The number of nitrogens with zero attached hydrogens (tertiary/aromatic N) is 4. The maximum absolute atomic E-state index is 12.8. The monoisotopic (exact) mass is 851 g/mol. The van der Waals surface area contributed by atoms with E-state index in [-0.39, 0.29) is 56.7 Å². The van der Waals surface area contributed by atoms with Crippen molar-refractivity contribution in [3.05, 3.63) is 130 Å². The highest BCUT2D eigenvalue weighted by atomic mass is 35.5. The van der Waals surface area contributed by atoms with E-state index in [0.717, 1.165) is 28.8 Å². The van der Waals surface area contributed by atoms with E-state index in [2.05, 4.69) is 36.6 Å². The summed E-state index contributed by atoms with van der Waals surface area (Å²) in [5.41, 5.74) is 7.81. The van der Waals surface area contributed by atoms with Crippen molar-refractivity contribution in [3.63, 3.8) is 0 Å². The second-order valence-corrected chi connectivity index (χ2v) is 15.4. The molecule has 59 heavy (non-hydrogen) atoms. The number of fused-ring (bicyclic) bond motifs is 2. The molecule has 1 heterocycles. The van der Waals surface area contributed by atoms with Gasteiger partial charge in [-0.2, -0.15) is 18.6 Å². The number of nitrogens with one attached hydrogen (secondary N) is 3. The van der Waals surface area contributed by atoms with Gasteiger partial charge in [-0.05, 0) is 102 Å². The molecule has 15 nitrogen and oxygen atoms in total. The molecule has 1 atom stereocenters. The molecular formula is C41H31Cl2N7O8S. The number of azo groups is 2. The number of anilines is 3. The minimum Gasteiger partial charge on any atom is -0.505 e. The molecule has 7 rings (SSSR count). The van der Waals surface area contributed by atoms with Gasteiger partial charge < -0.3 is 15.7 Å². The van der Waals surface area contributed by atoms with E-state index in [1.165, 1.54) is 19.1 Å². The van der Waals surface area contributed by atoms with Crippen molar-refractivity contribution < 1.29 is 37.3 Å². The number of hydrogen-bond acceptors (Lipinski definition) is 12. The van der Waals surface area contributed by atoms with Gasteiger partial charge in [0.1, 0.15) is 29.4 Å². The van der Waals surface area contributed by atoms with Crippen molar-refractivity contribution in [1.29, 1.82) is 0 Å². The van der Waals surface area contributed by atoms with Gasteiger partial charge in [0.05, 0.1) is 27.0 Å². The first-order valence-corrected chi connectivity index (χ1v) is 19.8. The molecule has 0 radical (unpaired) electrons. The third-order valence-electron chi connectivity index (χ3n) is 9.04. The number of phenolic OH excluding ortho intramolecular Hbond substituents is 1. The molecule has 1 unspecified atom stereocenters. The Morgan fingerprint density at radius 2 is 1.51 bits per heavy atom. The predicted molar refractivity (Wildman–Crippen MR) is 223 cm³/mol. The molecule has 2 amide bonds. The van der Waals surface area contributed by atoms with E-state index >= 15 is 0 Å². The van der Waals surface area contributed by atoms with Gasteiger partial charge >= 0.3 is 0 Å². The van der Waals surface area contributed by atoms with Crippen LogP contribution in [0, 0.1) is 0 Å². The van der Waals surface area contributed by atoms with Crippen LogP contribution in [0.25, 0.3) is 21.9 Å². The van der Waals surface area contributed by atoms with Crippen LogP contribution >= 0.6 is 23.2 Å². The minimum atomic E-state index is -4.42. The first kappa shape index (κ1) is 40.6. The average Bonchev–Trinajstić information content (AvgIpc) is 3.58. The Morgan fingerprint density at radius 1 is 0.847 bits per heavy atom. The van der Waals surface area contributed by atoms with Crippen LogP contribution in [0.15, 0.2) is 135 Å². The fourth-order valence-electron chi connectivity index (χ4n) is 6.07. The number of aromatic hydroxyl groups is 1. The number of ketones is 1. The molecule has 0 spiro atoms. The van der Waals surface area contributed by atoms with E-state index in [1.807, 2.05) is 30.3 Å². The van der Waals surface area contributed by atoms with Crippen molar-refractivity contribution in [2.45, 2.75) is 30.9 Å². The fraction of sp³-hybridized carbons (Fsp3) is 0.0976. The van der Waals surface area contributed by atoms with E-state index in [0.29, 0.717) is 33.5 Å². The smallest absolute Gasteiger partial charge is 0.294 e. The van der Waals surface area contributed by atoms with Crippen LogP contribution in [0.5, 0.6) is 5.75 Å². The van der Waals surface area contributed by atoms with Crippen LogP contribution < -0.4 is 16.1 Å². The largest absolute Gasteiger partial charge is 0.505 e. The van der Waals surface area contributed by atoms with Gasteiger partial charge in [0.15, 0.2) is 5.78 Å². The molecule has 0 bridgehead atoms. The first-order valence-electron chi connectivity index (χ1n) is 17.6. The summed E-state index contributed by atoms with van der Waals surface area (Å²) in [6.45, 7) is 1.15. The van der Waals surface area contributed by atoms with Gasteiger partial charge in [-0.3, -0.25) is 29.3 Å². The van der Waals surface area contributed by atoms with Gasteiger partial charge in [-0.1, -0.05) is 59.6 Å². The average molecular weight is 853 g/mol. The fourth-order valence-corrected chi connectivity index (χ4v) is 6.99. The van der Waals surface area contributed by atoms with Gasteiger partial charge in [-0.25, -0.2) is 0 Å². The summed E-state index contributed by atoms with van der Waals surface area (Å²) in [6, 6.07) is 27.7. The second kappa shape index (κ2) is 17.1. The number of amides is 2. The van der Waals surface area contributed by atoms with Gasteiger partial charge in [0, 0.05) is 22.3 Å². The van der Waals surface area contributed by atoms with Crippen LogP contribution in [-0.4, -0.2) is 41.7 Å². The summed E-state index contributed by atoms with van der Waals surface area (Å²) in [4.78, 5) is 42.2. The van der Waals surface area contributed by atoms with Gasteiger partial charge in [0.2, 0.25) is 11.9 Å². The molecular weight excluding hydrogens is 821 g/mol. The molecule has 0 fully saturated rings. The van der Waals surface area contributed by atoms with Crippen molar-refractivity contribution in [1.82, 2.24) is 0 Å². The number of phenols is 1. The van der Waals surface area contributed by atoms with Crippen molar-refractivity contribution in [3.8, 4) is 16.9 Å². The lowest BCUT2D eigenvalue weighted by Gasteiger charge is -2.12. The highest BCUT2D eigenvalue weighted by Gasteiger charge is 2.24. The van der Waals surface area contributed by atoms with E-state index < -0.39 is 27.9 Å². The quantitative estimate of drug-likeness (QED) is 0.0322. The minimum absolute atomic E-state index is 0.0167. The summed E-state index contributed by atoms with van der Waals surface area (Å²) in [7, 11) is -4.42. The molecule has 0 saturated heterocycles. The summed E-state index contributed by atoms with van der Waals surface area (Å²) < 4.78 is 31.7. The highest BCUT2D eigenvalue weighted by molar-refractivity contribution is 7.85. The van der Waals surface area contributed by atoms with E-state index in [4.69, 9.17) is 32.6 Å². The van der Waals surface area contributed by atoms with Crippen LogP contribution in [-0.2, 0) is 42.4 Å². The van der Waals surface area contributed by atoms with E-state index in [9.17, 15) is 27.9 Å². The Kier molecular flexibility index (Phi) is 11.8. The maximum Gasteiger partial charge on any atom is 0.294 e. The number of benzene rings is 6. The molecule has 1 aliphatic heterocycles. The Labute approximate surface area is 346 Å². The molecule has 298 valence electrons. The van der Waals surface area contributed by atoms with Crippen LogP contribution in [0.4, 0.5) is 34.1 Å². The van der Waals surface area contributed by atoms with Crippen molar-refractivity contribution in [2.75, 3.05) is 16.1 Å². The standard InChI is InChI=1S/C41H31Cl2N7O8S/c1-22(51)38(41(54)44-28-8-11-30(12-9-28)59(55,56)57)48-46-35-13-6-23(18-32(35)42)24-7-14-36(33(43)19-24)47-49-39-31-5-3-2-4-25(31)16-27(40(39)53)21-58-50-29-10-15-34-26(17-29)20-37(52)45-34/h2-19,38,50,53H,20-21H2,1H3,(H,44,54)(H,45,52)(H,55,56,57). The summed E-state index contributed by atoms with van der Waals surface area (Å²) in [6.07, 6.45) is 0.287. The Hall–Kier alpha value is -6.56. The lowest BCUT2D eigenvalue weighted by Crippen LogP contribution is -2.31. The predicted octanol–water partition coefficient (Wildman–Crippen LogP) is 9.90. The van der Waals surface area contributed by atoms with Crippen molar-refractivity contribution in [2.24, 2.45) is 20.5 Å². The maximum atomic E-state index is 12.8. The number of carbonyl (C=O) groups is 3. The Bertz CT molecular complexity index is 2840. The summed E-state index contributed by atoms with van der Waals surface area (Å²) >= 11 is 13.2. The topological polar surface area (TPSA) is 221 Å². The molecule has 18 heteroatoms. The summed E-state index contributed by atoms with van der Waals surface area (Å²) in [5.74, 6) is -1.62. The number of carbonyl (C=O) groups excluding carboxylic acids is 3. The van der Waals surface area contributed by atoms with Crippen LogP contribution in [0.2, 0.25) is 10.0 Å². The zero-order valence-electron chi connectivity index (χ0n) is 30.7. The van der Waals surface area contributed by atoms with E-state index in [1.54, 1.807) is 54.6 Å².